The second kappa shape index (κ2) is 10.2. The third-order valence-corrected chi connectivity index (χ3v) is 5.24. The summed E-state index contributed by atoms with van der Waals surface area (Å²) >= 11 is 6.06. The Hall–Kier alpha value is -0.486. The van der Waals surface area contributed by atoms with Crippen molar-refractivity contribution in [3.63, 3.8) is 0 Å². The van der Waals surface area contributed by atoms with Crippen LogP contribution in [0.1, 0.15) is 48.0 Å². The molecule has 26 heavy (non-hydrogen) atoms. The molecule has 0 saturated heterocycles. The number of rotatable bonds is 7. The first-order valence-corrected chi connectivity index (χ1v) is 8.94. The summed E-state index contributed by atoms with van der Waals surface area (Å²) in [5, 5.41) is 3.40. The molecule has 2 rings (SSSR count). The molecule has 0 atom stereocenters. The molecule has 0 aromatic heterocycles. The van der Waals surface area contributed by atoms with Crippen LogP contribution in [0, 0.1) is 13.8 Å². The number of unbranched alkanes of at least 4 members (excludes halogenated alkanes) is 1. The molecule has 0 unspecified atom stereocenters. The van der Waals surface area contributed by atoms with Gasteiger partial charge in [-0.05, 0) is 57.5 Å². The third kappa shape index (κ3) is 4.86. The second-order valence-electron chi connectivity index (χ2n) is 6.60. The van der Waals surface area contributed by atoms with Crippen molar-refractivity contribution in [1.82, 2.24) is 4.90 Å². The van der Waals surface area contributed by atoms with Crippen molar-refractivity contribution in [2.24, 2.45) is 0 Å². The number of hydrogen-bond donors (Lipinski definition) is 1. The molecule has 7 heteroatoms. The Balaban J connectivity index is 0.00000338. The molecule has 1 saturated carbocycles. The molecule has 0 spiro atoms. The van der Waals surface area contributed by atoms with Gasteiger partial charge >= 0.3 is 5.97 Å². The van der Waals surface area contributed by atoms with Crippen molar-refractivity contribution < 1.29 is 47.0 Å². The number of methoxy groups -OCH3 is 1. The maximum Gasteiger partial charge on any atom is 0.340 e. The quantitative estimate of drug-likeness (QED) is 0.502. The van der Waals surface area contributed by atoms with E-state index >= 15 is 0 Å². The maximum atomic E-state index is 13.1. The van der Waals surface area contributed by atoms with Crippen LogP contribution in [-0.2, 0) is 42.2 Å². The zero-order valence-electron chi connectivity index (χ0n) is 15.7. The molecule has 141 valence electrons. The molecule has 1 aliphatic rings. The van der Waals surface area contributed by atoms with Crippen LogP contribution >= 0.6 is 11.6 Å². The second-order valence-corrected chi connectivity index (χ2v) is 7.04. The van der Waals surface area contributed by atoms with E-state index in [0.717, 1.165) is 44.2 Å². The van der Waals surface area contributed by atoms with Gasteiger partial charge in [0, 0.05) is 37.7 Å². The molecule has 1 amide bonds. The Morgan fingerprint density at radius 3 is 2.54 bits per heavy atom. The van der Waals surface area contributed by atoms with E-state index in [1.165, 1.54) is 13.2 Å². The van der Waals surface area contributed by atoms with E-state index in [9.17, 15) is 9.59 Å². The van der Waals surface area contributed by atoms with Gasteiger partial charge in [-0.3, -0.25) is 9.69 Å². The molecule has 0 heterocycles. The summed E-state index contributed by atoms with van der Waals surface area (Å²) < 4.78 is 4.83. The number of carbonyl (C=O) groups excluding carboxylic acids is 2. The number of halogens is 1. The van der Waals surface area contributed by atoms with E-state index in [1.54, 1.807) is 6.07 Å². The Bertz CT molecular complexity index is 662. The predicted molar refractivity (Wildman–Crippen MR) is 100.0 cm³/mol. The summed E-state index contributed by atoms with van der Waals surface area (Å²) in [7, 11) is 3.29. The van der Waals surface area contributed by atoms with Gasteiger partial charge in [-0.2, -0.15) is 6.42 Å². The summed E-state index contributed by atoms with van der Waals surface area (Å²) in [6, 6.07) is 3.25. The molecule has 0 aliphatic heterocycles. The number of benzene rings is 1. The van der Waals surface area contributed by atoms with Crippen molar-refractivity contribution in [1.29, 1.82) is 0 Å². The fourth-order valence-corrected chi connectivity index (χ4v) is 3.54. The Morgan fingerprint density at radius 2 is 2.04 bits per heavy atom. The van der Waals surface area contributed by atoms with Crippen LogP contribution in [0.3, 0.4) is 0 Å². The van der Waals surface area contributed by atoms with Gasteiger partial charge in [0.05, 0.1) is 18.4 Å². The molecular weight excluding hydrogens is 429 g/mol. The SMILES string of the molecule is [CH2-]CCCN(C)C1(C(=O)Nc2c(C)cc(Cl)cc2C(=O)OC)CCC1.[Y]. The maximum absolute atomic E-state index is 13.1. The van der Waals surface area contributed by atoms with Gasteiger partial charge < -0.3 is 17.0 Å². The van der Waals surface area contributed by atoms with Crippen LogP contribution in [0.25, 0.3) is 0 Å². The Morgan fingerprint density at radius 1 is 1.38 bits per heavy atom. The summed E-state index contributed by atoms with van der Waals surface area (Å²) in [5.74, 6) is -0.602. The van der Waals surface area contributed by atoms with Gasteiger partial charge in [0.2, 0.25) is 5.91 Å². The minimum absolute atomic E-state index is 0. The van der Waals surface area contributed by atoms with Crippen LogP contribution in [0.2, 0.25) is 5.02 Å². The predicted octanol–water partition coefficient (Wildman–Crippen LogP) is 3.84. The number of hydrogen-bond acceptors (Lipinski definition) is 4. The summed E-state index contributed by atoms with van der Waals surface area (Å²) in [4.78, 5) is 27.3. The van der Waals surface area contributed by atoms with Gasteiger partial charge in [0.25, 0.3) is 0 Å². The number of anilines is 1. The average molecular weight is 455 g/mol. The number of aryl methyl sites for hydroxylation is 1. The monoisotopic (exact) mass is 454 g/mol. The normalized spacial score (nSPS) is 15.0. The fraction of sp³-hybridized carbons (Fsp3) is 0.526. The number of nitrogens with one attached hydrogen (secondary N) is 1. The van der Waals surface area contributed by atoms with E-state index in [1.807, 2.05) is 14.0 Å². The van der Waals surface area contributed by atoms with Crippen LogP contribution in [0.15, 0.2) is 12.1 Å². The van der Waals surface area contributed by atoms with Crippen LogP contribution in [0.4, 0.5) is 5.69 Å². The molecular formula is C19H26ClN2O3Y-. The fourth-order valence-electron chi connectivity index (χ4n) is 3.27. The number of likely N-dealkylation sites (N-methyl/N-ethyl adjacent to an activating group) is 1. The Labute approximate surface area is 186 Å². The molecule has 1 aliphatic carbocycles. The first kappa shape index (κ1) is 23.6. The average Bonchev–Trinajstić information content (AvgIpc) is 2.53. The minimum Gasteiger partial charge on any atom is -0.465 e. The van der Waals surface area contributed by atoms with Crippen molar-refractivity contribution in [3.8, 4) is 0 Å². The van der Waals surface area contributed by atoms with Crippen LogP contribution in [-0.4, -0.2) is 43.0 Å². The first-order chi connectivity index (χ1) is 11.9. The van der Waals surface area contributed by atoms with Crippen molar-refractivity contribution in [2.75, 3.05) is 26.0 Å². The standard InChI is InChI=1S/C19H26ClN2O3.Y/c1-5-6-10-22(3)19(8-7-9-19)18(24)21-16-13(2)11-14(20)12-15(16)17(23)25-4;/h11-12H,1,5-10H2,2-4H3,(H,21,24);/q-1;. The minimum atomic E-state index is -0.519. The number of amides is 1. The van der Waals surface area contributed by atoms with Gasteiger partial charge in [-0.25, -0.2) is 4.79 Å². The van der Waals surface area contributed by atoms with E-state index < -0.39 is 11.5 Å². The molecule has 5 nitrogen and oxygen atoms in total. The molecule has 1 aromatic rings. The van der Waals surface area contributed by atoms with E-state index in [4.69, 9.17) is 16.3 Å². The van der Waals surface area contributed by atoms with Gasteiger partial charge in [0.1, 0.15) is 5.54 Å². The zero-order chi connectivity index (χ0) is 18.6. The number of esters is 1. The summed E-state index contributed by atoms with van der Waals surface area (Å²) in [6.45, 7) is 6.50. The summed E-state index contributed by atoms with van der Waals surface area (Å²) in [5.41, 5.74) is 0.958. The molecule has 0 bridgehead atoms. The van der Waals surface area contributed by atoms with E-state index in [0.29, 0.717) is 10.7 Å². The number of carbonyl (C=O) groups is 2. The van der Waals surface area contributed by atoms with E-state index in [2.05, 4.69) is 17.1 Å². The summed E-state index contributed by atoms with van der Waals surface area (Å²) in [6.07, 6.45) is 4.43. The molecule has 1 radical (unpaired) electrons. The van der Waals surface area contributed by atoms with Crippen molar-refractivity contribution >= 4 is 29.2 Å². The number of ether oxygens (including phenoxy) is 1. The van der Waals surface area contributed by atoms with Crippen LogP contribution in [0.5, 0.6) is 0 Å². The molecule has 1 fully saturated rings. The smallest absolute Gasteiger partial charge is 0.340 e. The van der Waals surface area contributed by atoms with Crippen LogP contribution < -0.4 is 5.32 Å². The molecule has 1 N–H and O–H groups in total. The van der Waals surface area contributed by atoms with Gasteiger partial charge in [-0.15, -0.1) is 0 Å². The zero-order valence-corrected chi connectivity index (χ0v) is 19.3. The molecule has 1 aromatic carbocycles. The number of nitrogens with zero attached hydrogens (tertiary/aromatic N) is 1. The van der Waals surface area contributed by atoms with Gasteiger partial charge in [0.15, 0.2) is 0 Å². The Kier molecular flexibility index (Phi) is 9.21. The van der Waals surface area contributed by atoms with Gasteiger partial charge in [-0.1, -0.05) is 18.0 Å². The van der Waals surface area contributed by atoms with E-state index in [-0.39, 0.29) is 44.2 Å². The largest absolute Gasteiger partial charge is 0.465 e. The topological polar surface area (TPSA) is 58.6 Å². The first-order valence-electron chi connectivity index (χ1n) is 8.56. The third-order valence-electron chi connectivity index (χ3n) is 5.02. The van der Waals surface area contributed by atoms with Crippen molar-refractivity contribution in [3.05, 3.63) is 35.2 Å². The van der Waals surface area contributed by atoms with Crippen molar-refractivity contribution in [2.45, 2.75) is 44.6 Å².